The summed E-state index contributed by atoms with van der Waals surface area (Å²) in [4.78, 5) is 0. The van der Waals surface area contributed by atoms with Gasteiger partial charge in [-0.3, -0.25) is 5.41 Å². The highest BCUT2D eigenvalue weighted by atomic mass is 16.5. The minimum Gasteiger partial charge on any atom is -0.493 e. The van der Waals surface area contributed by atoms with Gasteiger partial charge in [-0.25, -0.2) is 0 Å². The topological polar surface area (TPSA) is 59.1 Å². The van der Waals surface area contributed by atoms with Gasteiger partial charge in [-0.15, -0.1) is 0 Å². The number of fused-ring (bicyclic) bond motifs is 1. The van der Waals surface area contributed by atoms with Gasteiger partial charge in [0.25, 0.3) is 0 Å². The van der Waals surface area contributed by atoms with Crippen LogP contribution in [0.3, 0.4) is 0 Å². The van der Waals surface area contributed by atoms with Crippen molar-refractivity contribution < 1.29 is 4.74 Å². The smallest absolute Gasteiger partial charge is 0.127 e. The third-order valence-electron chi connectivity index (χ3n) is 4.37. The number of hydrogen-bond donors (Lipinski definition) is 2. The Balaban J connectivity index is 1.85. The maximum atomic E-state index is 7.69. The molecule has 0 bridgehead atoms. The average molecular weight is 282 g/mol. The lowest BCUT2D eigenvalue weighted by molar-refractivity contribution is 0.210. The Morgan fingerprint density at radius 3 is 2.48 bits per heavy atom. The predicted molar refractivity (Wildman–Crippen MR) is 87.0 cm³/mol. The first-order valence-electron chi connectivity index (χ1n) is 7.74. The van der Waals surface area contributed by atoms with Gasteiger partial charge in [0.15, 0.2) is 0 Å². The molecule has 2 aromatic rings. The van der Waals surface area contributed by atoms with Crippen LogP contribution in [0.5, 0.6) is 5.75 Å². The number of rotatable bonds is 4. The zero-order valence-electron chi connectivity index (χ0n) is 12.3. The molecule has 0 amide bonds. The van der Waals surface area contributed by atoms with Gasteiger partial charge in [0.05, 0.1) is 6.61 Å². The van der Waals surface area contributed by atoms with E-state index in [9.17, 15) is 0 Å². The lowest BCUT2D eigenvalue weighted by Crippen LogP contribution is -2.16. The molecule has 2 aromatic carbocycles. The molecule has 1 fully saturated rings. The lowest BCUT2D eigenvalue weighted by Gasteiger charge is -2.22. The number of nitrogens with two attached hydrogens (primary N) is 1. The number of hydrogen-bond acceptors (Lipinski definition) is 2. The molecule has 1 aliphatic rings. The van der Waals surface area contributed by atoms with E-state index in [0.29, 0.717) is 5.92 Å². The van der Waals surface area contributed by atoms with Crippen LogP contribution in [0.25, 0.3) is 10.8 Å². The second kappa shape index (κ2) is 6.17. The molecule has 0 unspecified atom stereocenters. The SMILES string of the molecule is N=C(N)c1ccc(OCC2CCCCC2)c2ccccc12. The van der Waals surface area contributed by atoms with E-state index in [0.717, 1.165) is 28.7 Å². The normalized spacial score (nSPS) is 16.0. The lowest BCUT2D eigenvalue weighted by atomic mass is 9.90. The van der Waals surface area contributed by atoms with Crippen molar-refractivity contribution >= 4 is 16.6 Å². The predicted octanol–water partition coefficient (Wildman–Crippen LogP) is 4.08. The Morgan fingerprint density at radius 2 is 1.76 bits per heavy atom. The fourth-order valence-corrected chi connectivity index (χ4v) is 3.19. The summed E-state index contributed by atoms with van der Waals surface area (Å²) in [5, 5.41) is 9.72. The summed E-state index contributed by atoms with van der Waals surface area (Å²) in [7, 11) is 0. The van der Waals surface area contributed by atoms with Gasteiger partial charge in [-0.05, 0) is 36.3 Å². The van der Waals surface area contributed by atoms with Gasteiger partial charge in [0.1, 0.15) is 11.6 Å². The molecule has 110 valence electrons. The summed E-state index contributed by atoms with van der Waals surface area (Å²) in [6, 6.07) is 11.8. The Morgan fingerprint density at radius 1 is 1.05 bits per heavy atom. The third kappa shape index (κ3) is 3.02. The molecule has 0 aliphatic heterocycles. The van der Waals surface area contributed by atoms with Gasteiger partial charge < -0.3 is 10.5 Å². The molecule has 0 radical (unpaired) electrons. The highest BCUT2D eigenvalue weighted by Gasteiger charge is 2.15. The van der Waals surface area contributed by atoms with Gasteiger partial charge in [-0.2, -0.15) is 0 Å². The Kier molecular flexibility index (Phi) is 4.09. The molecular weight excluding hydrogens is 260 g/mol. The van der Waals surface area contributed by atoms with E-state index in [1.807, 2.05) is 36.4 Å². The van der Waals surface area contributed by atoms with E-state index in [1.54, 1.807) is 0 Å². The number of ether oxygens (including phenoxy) is 1. The van der Waals surface area contributed by atoms with E-state index in [1.165, 1.54) is 32.1 Å². The van der Waals surface area contributed by atoms with Crippen LogP contribution in [-0.2, 0) is 0 Å². The van der Waals surface area contributed by atoms with Crippen LogP contribution in [0, 0.1) is 11.3 Å². The van der Waals surface area contributed by atoms with Crippen LogP contribution in [0.2, 0.25) is 0 Å². The number of benzene rings is 2. The van der Waals surface area contributed by atoms with E-state index in [2.05, 4.69) is 0 Å². The fraction of sp³-hybridized carbons (Fsp3) is 0.389. The maximum absolute atomic E-state index is 7.69. The van der Waals surface area contributed by atoms with Crippen molar-refractivity contribution in [1.29, 1.82) is 5.41 Å². The largest absolute Gasteiger partial charge is 0.493 e. The summed E-state index contributed by atoms with van der Waals surface area (Å²) in [5.74, 6) is 1.69. The van der Waals surface area contributed by atoms with Crippen molar-refractivity contribution in [3.63, 3.8) is 0 Å². The third-order valence-corrected chi connectivity index (χ3v) is 4.37. The molecule has 0 atom stereocenters. The summed E-state index contributed by atoms with van der Waals surface area (Å²) in [5.41, 5.74) is 6.44. The van der Waals surface area contributed by atoms with Crippen molar-refractivity contribution in [1.82, 2.24) is 0 Å². The second-order valence-corrected chi connectivity index (χ2v) is 5.89. The van der Waals surface area contributed by atoms with E-state index in [4.69, 9.17) is 15.9 Å². The second-order valence-electron chi connectivity index (χ2n) is 5.89. The van der Waals surface area contributed by atoms with Crippen molar-refractivity contribution in [3.05, 3.63) is 42.0 Å². The first-order chi connectivity index (χ1) is 10.3. The highest BCUT2D eigenvalue weighted by molar-refractivity contribution is 6.09. The zero-order chi connectivity index (χ0) is 14.7. The highest BCUT2D eigenvalue weighted by Crippen LogP contribution is 2.30. The van der Waals surface area contributed by atoms with Crippen LogP contribution >= 0.6 is 0 Å². The molecule has 0 saturated heterocycles. The molecule has 3 rings (SSSR count). The fourth-order valence-electron chi connectivity index (χ4n) is 3.19. The van der Waals surface area contributed by atoms with E-state index >= 15 is 0 Å². The van der Waals surface area contributed by atoms with Crippen LogP contribution < -0.4 is 10.5 Å². The summed E-state index contributed by atoms with van der Waals surface area (Å²) >= 11 is 0. The Labute approximate surface area is 125 Å². The zero-order valence-corrected chi connectivity index (χ0v) is 12.3. The van der Waals surface area contributed by atoms with Gasteiger partial charge >= 0.3 is 0 Å². The maximum Gasteiger partial charge on any atom is 0.127 e. The molecule has 3 N–H and O–H groups in total. The molecule has 0 heterocycles. The van der Waals surface area contributed by atoms with Crippen molar-refractivity contribution in [3.8, 4) is 5.75 Å². The Bertz CT molecular complexity index is 645. The molecule has 3 nitrogen and oxygen atoms in total. The van der Waals surface area contributed by atoms with Crippen LogP contribution in [0.15, 0.2) is 36.4 Å². The average Bonchev–Trinajstić information content (AvgIpc) is 2.53. The van der Waals surface area contributed by atoms with Gasteiger partial charge in [0.2, 0.25) is 0 Å². The Hall–Kier alpha value is -2.03. The van der Waals surface area contributed by atoms with Crippen LogP contribution in [-0.4, -0.2) is 12.4 Å². The number of amidine groups is 1. The first kappa shape index (κ1) is 13.9. The molecular formula is C18H22N2O. The van der Waals surface area contributed by atoms with Crippen LogP contribution in [0.4, 0.5) is 0 Å². The number of nitrogen functional groups attached to an aromatic ring is 1. The molecule has 0 spiro atoms. The molecule has 0 aromatic heterocycles. The summed E-state index contributed by atoms with van der Waals surface area (Å²) in [6.07, 6.45) is 6.59. The first-order valence-corrected chi connectivity index (χ1v) is 7.74. The van der Waals surface area contributed by atoms with E-state index < -0.39 is 0 Å². The molecule has 3 heteroatoms. The van der Waals surface area contributed by atoms with Crippen molar-refractivity contribution in [2.75, 3.05) is 6.61 Å². The summed E-state index contributed by atoms with van der Waals surface area (Å²) < 4.78 is 6.08. The monoisotopic (exact) mass is 282 g/mol. The quantitative estimate of drug-likeness (QED) is 0.655. The van der Waals surface area contributed by atoms with Crippen molar-refractivity contribution in [2.45, 2.75) is 32.1 Å². The van der Waals surface area contributed by atoms with E-state index in [-0.39, 0.29) is 5.84 Å². The summed E-state index contributed by atoms with van der Waals surface area (Å²) in [6.45, 7) is 0.795. The minimum atomic E-state index is 0.102. The van der Waals surface area contributed by atoms with Gasteiger partial charge in [0, 0.05) is 10.9 Å². The van der Waals surface area contributed by atoms with Crippen LogP contribution in [0.1, 0.15) is 37.7 Å². The number of nitrogens with one attached hydrogen (secondary N) is 1. The van der Waals surface area contributed by atoms with Gasteiger partial charge in [-0.1, -0.05) is 43.5 Å². The molecule has 1 saturated carbocycles. The van der Waals surface area contributed by atoms with Crippen molar-refractivity contribution in [2.24, 2.45) is 11.7 Å². The molecule has 1 aliphatic carbocycles. The minimum absolute atomic E-state index is 0.102. The standard InChI is InChI=1S/C18H22N2O/c19-18(20)16-10-11-17(15-9-5-4-8-14(15)16)21-12-13-6-2-1-3-7-13/h4-5,8-11,13H,1-3,6-7,12H2,(H3,19,20). The molecule has 21 heavy (non-hydrogen) atoms.